The van der Waals surface area contributed by atoms with Crippen molar-refractivity contribution in [2.75, 3.05) is 6.61 Å². The Morgan fingerprint density at radius 3 is 2.10 bits per heavy atom. The van der Waals surface area contributed by atoms with Gasteiger partial charge in [0.15, 0.2) is 0 Å². The number of aliphatic hydroxyl groups excluding tert-OH is 2. The fraction of sp³-hybridized carbons (Fsp3) is 0.750. The summed E-state index contributed by atoms with van der Waals surface area (Å²) in [7, 11) is 0. The molecule has 10 heavy (non-hydrogen) atoms. The number of hydrogen-bond acceptors (Lipinski definition) is 2. The van der Waals surface area contributed by atoms with Gasteiger partial charge in [-0.05, 0) is 13.3 Å². The van der Waals surface area contributed by atoms with Gasteiger partial charge in [-0.2, -0.15) is 0 Å². The highest BCUT2D eigenvalue weighted by Gasteiger charge is 1.95. The van der Waals surface area contributed by atoms with Gasteiger partial charge < -0.3 is 10.2 Å². The summed E-state index contributed by atoms with van der Waals surface area (Å²) >= 11 is 0. The molecule has 0 aliphatic rings. The molecule has 0 bridgehead atoms. The molecule has 62 valence electrons. The van der Waals surface area contributed by atoms with Crippen molar-refractivity contribution in [2.45, 2.75) is 32.8 Å². The van der Waals surface area contributed by atoms with Crippen molar-refractivity contribution in [3.63, 3.8) is 0 Å². The number of hydrogen-bond donors (Lipinski definition) is 2. The van der Waals surface area contributed by atoms with Crippen molar-refractivity contribution in [1.82, 2.24) is 0 Å². The molecule has 0 aromatic heterocycles. The van der Waals surface area contributed by atoms with E-state index in [2.05, 4.69) is 6.58 Å². The van der Waals surface area contributed by atoms with Crippen molar-refractivity contribution in [1.29, 1.82) is 0 Å². The van der Waals surface area contributed by atoms with Gasteiger partial charge in [0.05, 0.1) is 12.7 Å². The zero-order valence-electron chi connectivity index (χ0n) is 6.88. The van der Waals surface area contributed by atoms with Crippen molar-refractivity contribution >= 4 is 0 Å². The predicted octanol–water partition coefficient (Wildman–Crippen LogP) is 1.33. The SMILES string of the molecule is C=CC.CCCC(O)CO. The second-order valence-corrected chi connectivity index (χ2v) is 2.03. The lowest BCUT2D eigenvalue weighted by Gasteiger charge is -2.01. The fourth-order valence-electron chi connectivity index (χ4n) is 0.425. The van der Waals surface area contributed by atoms with Crippen LogP contribution in [0.3, 0.4) is 0 Å². The van der Waals surface area contributed by atoms with Crippen LogP contribution in [0.25, 0.3) is 0 Å². The first kappa shape index (κ1) is 12.3. The molecule has 2 heteroatoms. The van der Waals surface area contributed by atoms with E-state index in [4.69, 9.17) is 10.2 Å². The Morgan fingerprint density at radius 1 is 1.60 bits per heavy atom. The quantitative estimate of drug-likeness (QED) is 0.590. The molecule has 0 aromatic rings. The summed E-state index contributed by atoms with van der Waals surface area (Å²) in [6.07, 6.45) is 2.89. The molecule has 1 unspecified atom stereocenters. The summed E-state index contributed by atoms with van der Waals surface area (Å²) in [6.45, 7) is 7.12. The highest BCUT2D eigenvalue weighted by molar-refractivity contribution is 4.51. The first-order valence-corrected chi connectivity index (χ1v) is 3.58. The molecule has 0 amide bonds. The molecular formula is C8H18O2. The molecule has 0 aromatic carbocycles. The van der Waals surface area contributed by atoms with E-state index in [-0.39, 0.29) is 6.61 Å². The van der Waals surface area contributed by atoms with Gasteiger partial charge in [0.2, 0.25) is 0 Å². The van der Waals surface area contributed by atoms with E-state index in [1.54, 1.807) is 6.08 Å². The first-order valence-electron chi connectivity index (χ1n) is 3.58. The van der Waals surface area contributed by atoms with E-state index in [1.807, 2.05) is 13.8 Å². The molecule has 0 aliphatic heterocycles. The van der Waals surface area contributed by atoms with Crippen molar-refractivity contribution in [3.05, 3.63) is 12.7 Å². The Bertz CT molecular complexity index is 62.3. The minimum Gasteiger partial charge on any atom is -0.394 e. The monoisotopic (exact) mass is 146 g/mol. The predicted molar refractivity (Wildman–Crippen MR) is 43.9 cm³/mol. The second-order valence-electron chi connectivity index (χ2n) is 2.03. The van der Waals surface area contributed by atoms with Gasteiger partial charge >= 0.3 is 0 Å². The van der Waals surface area contributed by atoms with Crippen LogP contribution in [0.15, 0.2) is 12.7 Å². The smallest absolute Gasteiger partial charge is 0.0770 e. The molecule has 0 aliphatic carbocycles. The van der Waals surface area contributed by atoms with Crippen molar-refractivity contribution in [2.24, 2.45) is 0 Å². The third kappa shape index (κ3) is 15.6. The standard InChI is InChI=1S/C5H12O2.C3H6/c1-2-3-5(7)4-6;1-3-2/h5-7H,2-4H2,1H3;3H,1H2,2H3. The van der Waals surface area contributed by atoms with Gasteiger partial charge in [-0.15, -0.1) is 6.58 Å². The molecular weight excluding hydrogens is 128 g/mol. The summed E-state index contributed by atoms with van der Waals surface area (Å²) in [4.78, 5) is 0. The van der Waals surface area contributed by atoms with E-state index >= 15 is 0 Å². The molecule has 2 nitrogen and oxygen atoms in total. The number of rotatable bonds is 3. The average molecular weight is 146 g/mol. The van der Waals surface area contributed by atoms with Crippen LogP contribution in [0.5, 0.6) is 0 Å². The lowest BCUT2D eigenvalue weighted by molar-refractivity contribution is 0.0877. The largest absolute Gasteiger partial charge is 0.394 e. The second kappa shape index (κ2) is 11.5. The topological polar surface area (TPSA) is 40.5 Å². The third-order valence-electron chi connectivity index (χ3n) is 0.833. The van der Waals surface area contributed by atoms with Crippen LogP contribution in [0.1, 0.15) is 26.7 Å². The molecule has 1 atom stereocenters. The van der Waals surface area contributed by atoms with E-state index in [9.17, 15) is 0 Å². The maximum absolute atomic E-state index is 8.61. The minimum atomic E-state index is -0.495. The number of aliphatic hydroxyl groups is 2. The van der Waals surface area contributed by atoms with E-state index in [0.29, 0.717) is 6.42 Å². The van der Waals surface area contributed by atoms with Crippen molar-refractivity contribution in [3.8, 4) is 0 Å². The van der Waals surface area contributed by atoms with Gasteiger partial charge in [-0.1, -0.05) is 19.4 Å². The van der Waals surface area contributed by atoms with Crippen molar-refractivity contribution < 1.29 is 10.2 Å². The van der Waals surface area contributed by atoms with Gasteiger partial charge in [0.25, 0.3) is 0 Å². The Labute approximate surface area is 63.2 Å². The van der Waals surface area contributed by atoms with Gasteiger partial charge in [0, 0.05) is 0 Å². The lowest BCUT2D eigenvalue weighted by atomic mass is 10.2. The van der Waals surface area contributed by atoms with E-state index < -0.39 is 6.10 Å². The summed E-state index contributed by atoms with van der Waals surface area (Å²) in [5.74, 6) is 0. The zero-order valence-corrected chi connectivity index (χ0v) is 6.88. The van der Waals surface area contributed by atoms with Gasteiger partial charge in [-0.3, -0.25) is 0 Å². The first-order chi connectivity index (χ1) is 4.72. The molecule has 0 spiro atoms. The highest BCUT2D eigenvalue weighted by Crippen LogP contribution is 1.92. The minimum absolute atomic E-state index is 0.103. The van der Waals surface area contributed by atoms with Gasteiger partial charge in [0.1, 0.15) is 0 Å². The third-order valence-corrected chi connectivity index (χ3v) is 0.833. The number of allylic oxidation sites excluding steroid dienone is 1. The molecule has 2 N–H and O–H groups in total. The maximum atomic E-state index is 8.61. The Hall–Kier alpha value is -0.340. The highest BCUT2D eigenvalue weighted by atomic mass is 16.3. The normalized spacial score (nSPS) is 11.2. The lowest BCUT2D eigenvalue weighted by Crippen LogP contribution is -2.10. The molecule has 0 rings (SSSR count). The summed E-state index contributed by atoms with van der Waals surface area (Å²) < 4.78 is 0. The molecule has 0 saturated heterocycles. The molecule has 0 radical (unpaired) electrons. The summed E-state index contributed by atoms with van der Waals surface area (Å²) in [5, 5.41) is 16.8. The Balaban J connectivity index is 0. The summed E-state index contributed by atoms with van der Waals surface area (Å²) in [6, 6.07) is 0. The van der Waals surface area contributed by atoms with Gasteiger partial charge in [-0.25, -0.2) is 0 Å². The van der Waals surface area contributed by atoms with E-state index in [0.717, 1.165) is 6.42 Å². The van der Waals surface area contributed by atoms with Crippen LogP contribution in [0, 0.1) is 0 Å². The van der Waals surface area contributed by atoms with Crippen LogP contribution in [-0.4, -0.2) is 22.9 Å². The Kier molecular flexibility index (Phi) is 14.1. The Morgan fingerprint density at radius 2 is 2.00 bits per heavy atom. The molecule has 0 heterocycles. The summed E-state index contributed by atoms with van der Waals surface area (Å²) in [5.41, 5.74) is 0. The van der Waals surface area contributed by atoms with Crippen LogP contribution >= 0.6 is 0 Å². The van der Waals surface area contributed by atoms with Crippen LogP contribution < -0.4 is 0 Å². The molecule has 0 fully saturated rings. The van der Waals surface area contributed by atoms with Crippen LogP contribution in [-0.2, 0) is 0 Å². The van der Waals surface area contributed by atoms with Crippen LogP contribution in [0.2, 0.25) is 0 Å². The molecule has 0 saturated carbocycles. The fourth-order valence-corrected chi connectivity index (χ4v) is 0.425. The van der Waals surface area contributed by atoms with Crippen LogP contribution in [0.4, 0.5) is 0 Å². The zero-order chi connectivity index (χ0) is 8.41. The maximum Gasteiger partial charge on any atom is 0.0770 e. The van der Waals surface area contributed by atoms with E-state index in [1.165, 1.54) is 0 Å². The average Bonchev–Trinajstić information content (AvgIpc) is 1.90.